The normalized spacial score (nSPS) is 15.9. The third-order valence-corrected chi connectivity index (χ3v) is 4.41. The number of pyridine rings is 1. The molecule has 0 radical (unpaired) electrons. The van der Waals surface area contributed by atoms with Crippen molar-refractivity contribution in [3.05, 3.63) is 64.9 Å². The van der Waals surface area contributed by atoms with Crippen molar-refractivity contribution < 1.29 is 19.1 Å². The summed E-state index contributed by atoms with van der Waals surface area (Å²) in [4.78, 5) is 42.0. The first kappa shape index (κ1) is 19.8. The van der Waals surface area contributed by atoms with Crippen LogP contribution in [0.4, 0.5) is 0 Å². The number of halogens is 1. The van der Waals surface area contributed by atoms with Crippen LogP contribution in [0.2, 0.25) is 5.02 Å². The highest BCUT2D eigenvalue weighted by Gasteiger charge is 2.31. The van der Waals surface area contributed by atoms with Crippen LogP contribution in [-0.2, 0) is 20.9 Å². The summed E-state index contributed by atoms with van der Waals surface area (Å²) < 4.78 is 5.52. The first-order valence-corrected chi connectivity index (χ1v) is 9.05. The van der Waals surface area contributed by atoms with E-state index in [1.54, 1.807) is 48.8 Å². The fourth-order valence-electron chi connectivity index (χ4n) is 2.71. The monoisotopic (exact) mass is 402 g/mol. The summed E-state index contributed by atoms with van der Waals surface area (Å²) in [6.45, 7) is 0.960. The van der Waals surface area contributed by atoms with Crippen LogP contribution < -0.4 is 10.6 Å². The summed E-state index contributed by atoms with van der Waals surface area (Å²) in [5.41, 5.74) is 1.25. The van der Waals surface area contributed by atoms with Crippen LogP contribution in [0.25, 0.3) is 0 Å². The van der Waals surface area contributed by atoms with Crippen molar-refractivity contribution in [1.82, 2.24) is 20.5 Å². The summed E-state index contributed by atoms with van der Waals surface area (Å²) in [7, 11) is 0. The van der Waals surface area contributed by atoms with Crippen molar-refractivity contribution in [3.8, 4) is 0 Å². The van der Waals surface area contributed by atoms with Gasteiger partial charge in [-0.3, -0.25) is 19.4 Å². The van der Waals surface area contributed by atoms with Gasteiger partial charge in [0.25, 0.3) is 5.91 Å². The van der Waals surface area contributed by atoms with Gasteiger partial charge in [0.2, 0.25) is 0 Å². The molecule has 2 aromatic rings. The Bertz CT molecular complexity index is 845. The molecule has 0 aliphatic carbocycles. The Morgan fingerprint density at radius 3 is 2.61 bits per heavy atom. The maximum atomic E-state index is 12.6. The summed E-state index contributed by atoms with van der Waals surface area (Å²) in [6, 6.07) is 10.1. The summed E-state index contributed by atoms with van der Waals surface area (Å²) in [5, 5.41) is 5.55. The van der Waals surface area contributed by atoms with Crippen molar-refractivity contribution in [2.24, 2.45) is 0 Å². The maximum Gasteiger partial charge on any atom is 0.309 e. The lowest BCUT2D eigenvalue weighted by atomic mass is 10.2. The number of benzene rings is 1. The van der Waals surface area contributed by atoms with E-state index < -0.39 is 18.0 Å². The van der Waals surface area contributed by atoms with E-state index in [1.165, 1.54) is 4.90 Å². The highest BCUT2D eigenvalue weighted by molar-refractivity contribution is 6.35. The molecule has 1 aliphatic heterocycles. The van der Waals surface area contributed by atoms with Crippen molar-refractivity contribution in [3.63, 3.8) is 0 Å². The number of rotatable bonds is 5. The third kappa shape index (κ3) is 5.05. The highest BCUT2D eigenvalue weighted by atomic mass is 35.5. The Hall–Kier alpha value is -2.97. The van der Waals surface area contributed by atoms with E-state index in [0.717, 1.165) is 5.56 Å². The molecular formula is C19H19ClN4O4. The molecule has 9 heteroatoms. The van der Waals surface area contributed by atoms with E-state index >= 15 is 0 Å². The number of nitrogens with one attached hydrogen (secondary N) is 2. The topological polar surface area (TPSA) is 101 Å². The lowest BCUT2D eigenvalue weighted by molar-refractivity contribution is -0.139. The number of hydrogen-bond acceptors (Lipinski definition) is 5. The van der Waals surface area contributed by atoms with Crippen molar-refractivity contribution >= 4 is 29.3 Å². The maximum absolute atomic E-state index is 12.6. The fourth-order valence-corrected chi connectivity index (χ4v) is 2.83. The van der Waals surface area contributed by atoms with Crippen molar-refractivity contribution in [2.75, 3.05) is 19.7 Å². The van der Waals surface area contributed by atoms with Gasteiger partial charge in [0, 0.05) is 36.1 Å². The largest absolute Gasteiger partial charge is 0.355 e. The smallest absolute Gasteiger partial charge is 0.309 e. The van der Waals surface area contributed by atoms with Crippen molar-refractivity contribution in [2.45, 2.75) is 12.8 Å². The molecule has 1 aromatic carbocycles. The zero-order valence-electron chi connectivity index (χ0n) is 14.9. The second-order valence-electron chi connectivity index (χ2n) is 6.08. The van der Waals surface area contributed by atoms with Gasteiger partial charge >= 0.3 is 11.8 Å². The van der Waals surface area contributed by atoms with E-state index in [-0.39, 0.29) is 19.0 Å². The Morgan fingerprint density at radius 2 is 1.89 bits per heavy atom. The van der Waals surface area contributed by atoms with Gasteiger partial charge in [-0.15, -0.1) is 0 Å². The molecule has 1 atom stereocenters. The van der Waals surface area contributed by atoms with Gasteiger partial charge in [-0.25, -0.2) is 0 Å². The molecule has 1 aromatic heterocycles. The average molecular weight is 403 g/mol. The predicted molar refractivity (Wildman–Crippen MR) is 101 cm³/mol. The lowest BCUT2D eigenvalue weighted by Gasteiger charge is -2.23. The first-order chi connectivity index (χ1) is 13.5. The molecule has 1 fully saturated rings. The van der Waals surface area contributed by atoms with Gasteiger partial charge in [-0.05, 0) is 35.9 Å². The third-order valence-electron chi connectivity index (χ3n) is 4.16. The van der Waals surface area contributed by atoms with Crippen LogP contribution in [0.5, 0.6) is 0 Å². The Morgan fingerprint density at radius 1 is 1.14 bits per heavy atom. The zero-order valence-corrected chi connectivity index (χ0v) is 15.7. The second-order valence-corrected chi connectivity index (χ2v) is 6.52. The number of amides is 3. The summed E-state index contributed by atoms with van der Waals surface area (Å²) >= 11 is 5.85. The minimum Gasteiger partial charge on any atom is -0.355 e. The number of ether oxygens (including phenoxy) is 1. The van der Waals surface area contributed by atoms with E-state index in [0.29, 0.717) is 23.7 Å². The molecule has 3 amide bonds. The molecule has 1 saturated heterocycles. The summed E-state index contributed by atoms with van der Waals surface area (Å²) in [5.74, 6) is -1.79. The van der Waals surface area contributed by atoms with E-state index in [9.17, 15) is 14.4 Å². The molecule has 28 heavy (non-hydrogen) atoms. The molecule has 0 spiro atoms. The molecule has 8 nitrogen and oxygen atoms in total. The first-order valence-electron chi connectivity index (χ1n) is 8.67. The minimum absolute atomic E-state index is 0.0124. The fraction of sp³-hybridized carbons (Fsp3) is 0.263. The molecule has 0 saturated carbocycles. The van der Waals surface area contributed by atoms with Crippen LogP contribution in [0, 0.1) is 0 Å². The quantitative estimate of drug-likeness (QED) is 0.726. The molecule has 0 bridgehead atoms. The second kappa shape index (κ2) is 9.29. The van der Waals surface area contributed by atoms with Crippen LogP contribution in [0.15, 0.2) is 48.8 Å². The average Bonchev–Trinajstić information content (AvgIpc) is 3.19. The Labute approximate surface area is 166 Å². The van der Waals surface area contributed by atoms with Gasteiger partial charge in [0.15, 0.2) is 0 Å². The van der Waals surface area contributed by atoms with Gasteiger partial charge < -0.3 is 20.3 Å². The Kier molecular flexibility index (Phi) is 6.57. The molecular weight excluding hydrogens is 384 g/mol. The molecule has 2 N–H and O–H groups in total. The SMILES string of the molecule is O=C(NCc1cccnc1)C(=O)NC[C@H]1OCCN1C(=O)c1ccc(Cl)cc1. The highest BCUT2D eigenvalue weighted by Crippen LogP contribution is 2.16. The van der Waals surface area contributed by atoms with E-state index in [4.69, 9.17) is 16.3 Å². The van der Waals surface area contributed by atoms with Gasteiger partial charge in [-0.2, -0.15) is 0 Å². The van der Waals surface area contributed by atoms with Crippen LogP contribution in [0.3, 0.4) is 0 Å². The molecule has 1 aliphatic rings. The standard InChI is InChI=1S/C19H19ClN4O4/c20-15-5-3-14(4-6-15)19(27)24-8-9-28-16(24)12-23-18(26)17(25)22-11-13-2-1-7-21-10-13/h1-7,10,16H,8-9,11-12H2,(H,22,25)(H,23,26)/t16-/m1/s1. The molecule has 3 rings (SSSR count). The van der Waals surface area contributed by atoms with Crippen LogP contribution >= 0.6 is 11.6 Å². The van der Waals surface area contributed by atoms with E-state index in [2.05, 4.69) is 15.6 Å². The van der Waals surface area contributed by atoms with Crippen molar-refractivity contribution in [1.29, 1.82) is 0 Å². The lowest BCUT2D eigenvalue weighted by Crippen LogP contribution is -2.47. The number of hydrogen-bond donors (Lipinski definition) is 2. The van der Waals surface area contributed by atoms with Crippen LogP contribution in [0.1, 0.15) is 15.9 Å². The summed E-state index contributed by atoms with van der Waals surface area (Å²) in [6.07, 6.45) is 2.58. The van der Waals surface area contributed by atoms with E-state index in [1.807, 2.05) is 0 Å². The Balaban J connectivity index is 1.49. The van der Waals surface area contributed by atoms with Gasteiger partial charge in [0.1, 0.15) is 6.23 Å². The number of carbonyl (C=O) groups excluding carboxylic acids is 3. The minimum atomic E-state index is -0.793. The number of aromatic nitrogens is 1. The van der Waals surface area contributed by atoms with Gasteiger partial charge in [-0.1, -0.05) is 17.7 Å². The van der Waals surface area contributed by atoms with Gasteiger partial charge in [0.05, 0.1) is 13.2 Å². The van der Waals surface area contributed by atoms with Crippen LogP contribution in [-0.4, -0.2) is 53.5 Å². The molecule has 146 valence electrons. The number of nitrogens with zero attached hydrogens (tertiary/aromatic N) is 2. The molecule has 0 unspecified atom stereocenters. The predicted octanol–water partition coefficient (Wildman–Crippen LogP) is 0.966. The molecule has 2 heterocycles. The zero-order chi connectivity index (χ0) is 19.9. The number of carbonyl (C=O) groups is 3.